The number of carboxylic acids is 1. The molecule has 18 heavy (non-hydrogen) atoms. The number of rotatable bonds is 3. The summed E-state index contributed by atoms with van der Waals surface area (Å²) in [6.07, 6.45) is 0. The van der Waals surface area contributed by atoms with E-state index < -0.39 is 5.97 Å². The molecular formula is C11H10ClN3O3. The molecule has 0 aliphatic rings. The van der Waals surface area contributed by atoms with E-state index in [1.807, 2.05) is 0 Å². The minimum atomic E-state index is -1.16. The summed E-state index contributed by atoms with van der Waals surface area (Å²) in [5.41, 5.74) is 6.04. The molecular weight excluding hydrogens is 258 g/mol. The van der Waals surface area contributed by atoms with Crippen LogP contribution < -0.4 is 10.5 Å². The number of nitrogens with two attached hydrogens (primary N) is 1. The zero-order valence-corrected chi connectivity index (χ0v) is 10.2. The summed E-state index contributed by atoms with van der Waals surface area (Å²) in [7, 11) is 1.48. The van der Waals surface area contributed by atoms with Crippen LogP contribution in [-0.4, -0.2) is 28.2 Å². The number of aromatic nitrogens is 2. The molecule has 0 bridgehead atoms. The van der Waals surface area contributed by atoms with Crippen molar-refractivity contribution in [1.29, 1.82) is 0 Å². The highest BCUT2D eigenvalue weighted by Gasteiger charge is 2.20. The molecule has 6 nitrogen and oxygen atoms in total. The van der Waals surface area contributed by atoms with Crippen molar-refractivity contribution in [2.24, 2.45) is 0 Å². The van der Waals surface area contributed by atoms with Crippen molar-refractivity contribution in [3.63, 3.8) is 0 Å². The van der Waals surface area contributed by atoms with E-state index in [1.54, 1.807) is 18.2 Å². The van der Waals surface area contributed by atoms with Crippen LogP contribution in [0.25, 0.3) is 11.3 Å². The number of nitrogens with zero attached hydrogens (tertiary/aromatic N) is 1. The number of halogens is 1. The zero-order chi connectivity index (χ0) is 13.3. The van der Waals surface area contributed by atoms with E-state index in [2.05, 4.69) is 9.97 Å². The third-order valence-electron chi connectivity index (χ3n) is 2.35. The minimum absolute atomic E-state index is 0.0180. The lowest BCUT2D eigenvalue weighted by atomic mass is 10.1. The second-order valence-corrected chi connectivity index (χ2v) is 3.93. The number of H-pyrrole nitrogens is 1. The molecule has 1 aromatic heterocycles. The first-order valence-corrected chi connectivity index (χ1v) is 5.33. The van der Waals surface area contributed by atoms with Crippen LogP contribution in [0.3, 0.4) is 0 Å². The van der Waals surface area contributed by atoms with Gasteiger partial charge in [0.05, 0.1) is 7.11 Å². The van der Waals surface area contributed by atoms with Gasteiger partial charge in [-0.1, -0.05) is 11.6 Å². The average Bonchev–Trinajstić information content (AvgIpc) is 2.71. The van der Waals surface area contributed by atoms with Gasteiger partial charge in [0, 0.05) is 10.6 Å². The number of aromatic carboxylic acids is 1. The molecule has 0 saturated heterocycles. The smallest absolute Gasteiger partial charge is 0.354 e. The molecule has 0 atom stereocenters. The van der Waals surface area contributed by atoms with Crippen LogP contribution in [0, 0.1) is 0 Å². The van der Waals surface area contributed by atoms with Crippen LogP contribution in [0.5, 0.6) is 5.75 Å². The van der Waals surface area contributed by atoms with Crippen molar-refractivity contribution in [3.8, 4) is 17.0 Å². The van der Waals surface area contributed by atoms with E-state index in [-0.39, 0.29) is 17.3 Å². The second-order valence-electron chi connectivity index (χ2n) is 3.50. The average molecular weight is 268 g/mol. The van der Waals surface area contributed by atoms with Crippen molar-refractivity contribution in [3.05, 3.63) is 28.9 Å². The van der Waals surface area contributed by atoms with Gasteiger partial charge >= 0.3 is 5.97 Å². The minimum Gasteiger partial charge on any atom is -0.496 e. The number of carboxylic acid groups (broad SMARTS) is 1. The van der Waals surface area contributed by atoms with E-state index in [0.29, 0.717) is 16.3 Å². The van der Waals surface area contributed by atoms with E-state index >= 15 is 0 Å². The Morgan fingerprint density at radius 3 is 2.89 bits per heavy atom. The normalized spacial score (nSPS) is 10.3. The lowest BCUT2D eigenvalue weighted by Crippen LogP contribution is -2.00. The predicted octanol–water partition coefficient (Wildman–Crippen LogP) is 2.02. The number of benzene rings is 1. The largest absolute Gasteiger partial charge is 0.496 e. The molecule has 7 heteroatoms. The number of imidazole rings is 1. The van der Waals surface area contributed by atoms with Gasteiger partial charge in [0.15, 0.2) is 11.6 Å². The van der Waals surface area contributed by atoms with E-state index in [0.717, 1.165) is 0 Å². The van der Waals surface area contributed by atoms with Gasteiger partial charge in [-0.2, -0.15) is 0 Å². The molecule has 0 unspecified atom stereocenters. The van der Waals surface area contributed by atoms with Crippen LogP contribution in [0.4, 0.5) is 5.95 Å². The van der Waals surface area contributed by atoms with Crippen LogP contribution in [0.2, 0.25) is 5.02 Å². The third kappa shape index (κ3) is 2.10. The third-order valence-corrected chi connectivity index (χ3v) is 2.59. The van der Waals surface area contributed by atoms with Crippen molar-refractivity contribution >= 4 is 23.5 Å². The maximum Gasteiger partial charge on any atom is 0.354 e. The monoisotopic (exact) mass is 267 g/mol. The first kappa shape index (κ1) is 12.3. The van der Waals surface area contributed by atoms with Crippen molar-refractivity contribution in [2.45, 2.75) is 0 Å². The number of methoxy groups -OCH3 is 1. The van der Waals surface area contributed by atoms with Gasteiger partial charge in [-0.25, -0.2) is 9.78 Å². The molecule has 0 saturated carbocycles. The van der Waals surface area contributed by atoms with Crippen molar-refractivity contribution < 1.29 is 14.6 Å². The molecule has 0 fully saturated rings. The molecule has 0 spiro atoms. The Hall–Kier alpha value is -2.21. The SMILES string of the molecule is COc1ccc(Cl)cc1-c1nc(N)[nH]c1C(=O)O. The fourth-order valence-electron chi connectivity index (χ4n) is 1.61. The Kier molecular flexibility index (Phi) is 3.12. The molecule has 0 radical (unpaired) electrons. The number of nitrogens with one attached hydrogen (secondary N) is 1. The molecule has 0 aliphatic carbocycles. The number of anilines is 1. The lowest BCUT2D eigenvalue weighted by Gasteiger charge is -2.07. The highest BCUT2D eigenvalue weighted by atomic mass is 35.5. The molecule has 0 amide bonds. The Morgan fingerprint density at radius 1 is 1.56 bits per heavy atom. The summed E-state index contributed by atoms with van der Waals surface area (Å²) < 4.78 is 5.15. The van der Waals surface area contributed by atoms with Gasteiger partial charge in [-0.05, 0) is 18.2 Å². The lowest BCUT2D eigenvalue weighted by molar-refractivity contribution is 0.0692. The fraction of sp³-hybridized carbons (Fsp3) is 0.0909. The summed E-state index contributed by atoms with van der Waals surface area (Å²) in [5.74, 6) is -0.672. The van der Waals surface area contributed by atoms with E-state index in [1.165, 1.54) is 7.11 Å². The second kappa shape index (κ2) is 4.58. The number of aromatic amines is 1. The molecule has 0 aliphatic heterocycles. The number of ether oxygens (including phenoxy) is 1. The van der Waals surface area contributed by atoms with Crippen LogP contribution in [0.15, 0.2) is 18.2 Å². The van der Waals surface area contributed by atoms with Gasteiger partial charge < -0.3 is 20.6 Å². The van der Waals surface area contributed by atoms with Crippen LogP contribution >= 0.6 is 11.6 Å². The van der Waals surface area contributed by atoms with Crippen LogP contribution in [0.1, 0.15) is 10.5 Å². The Bertz CT molecular complexity index is 610. The highest BCUT2D eigenvalue weighted by Crippen LogP contribution is 2.33. The summed E-state index contributed by atoms with van der Waals surface area (Å²) >= 11 is 5.89. The Balaban J connectivity index is 2.68. The van der Waals surface area contributed by atoms with Crippen molar-refractivity contribution in [1.82, 2.24) is 9.97 Å². The summed E-state index contributed by atoms with van der Waals surface area (Å²) in [6, 6.07) is 4.84. The number of carbonyl (C=O) groups is 1. The molecule has 4 N–H and O–H groups in total. The fourth-order valence-corrected chi connectivity index (χ4v) is 1.78. The first-order chi connectivity index (χ1) is 8.52. The molecule has 94 valence electrons. The Morgan fingerprint density at radius 2 is 2.28 bits per heavy atom. The summed E-state index contributed by atoms with van der Waals surface area (Å²) in [5, 5.41) is 9.52. The van der Waals surface area contributed by atoms with Gasteiger partial charge in [0.25, 0.3) is 0 Å². The topological polar surface area (TPSA) is 101 Å². The zero-order valence-electron chi connectivity index (χ0n) is 9.40. The molecule has 1 aromatic carbocycles. The maximum absolute atomic E-state index is 11.1. The van der Waals surface area contributed by atoms with Gasteiger partial charge in [-0.3, -0.25) is 0 Å². The molecule has 2 aromatic rings. The van der Waals surface area contributed by atoms with Gasteiger partial charge in [0.1, 0.15) is 11.4 Å². The number of nitrogen functional groups attached to an aromatic ring is 1. The predicted molar refractivity (Wildman–Crippen MR) is 67.0 cm³/mol. The highest BCUT2D eigenvalue weighted by molar-refractivity contribution is 6.31. The van der Waals surface area contributed by atoms with Gasteiger partial charge in [0.2, 0.25) is 0 Å². The van der Waals surface area contributed by atoms with Crippen LogP contribution in [-0.2, 0) is 0 Å². The molecule has 1 heterocycles. The van der Waals surface area contributed by atoms with E-state index in [4.69, 9.17) is 27.2 Å². The molecule has 2 rings (SSSR count). The quantitative estimate of drug-likeness (QED) is 0.790. The number of hydrogen-bond acceptors (Lipinski definition) is 4. The Labute approximate surface area is 107 Å². The number of hydrogen-bond donors (Lipinski definition) is 3. The standard InChI is InChI=1S/C11H10ClN3O3/c1-18-7-3-2-5(12)4-6(7)8-9(10(16)17)15-11(13)14-8/h2-4H,1H3,(H,16,17)(H3,13,14,15). The summed E-state index contributed by atoms with van der Waals surface area (Å²) in [4.78, 5) is 17.5. The summed E-state index contributed by atoms with van der Waals surface area (Å²) in [6.45, 7) is 0. The first-order valence-electron chi connectivity index (χ1n) is 4.95. The van der Waals surface area contributed by atoms with Gasteiger partial charge in [-0.15, -0.1) is 0 Å². The maximum atomic E-state index is 11.1. The van der Waals surface area contributed by atoms with E-state index in [9.17, 15) is 4.79 Å². The van der Waals surface area contributed by atoms with Crippen molar-refractivity contribution in [2.75, 3.05) is 12.8 Å².